The van der Waals surface area contributed by atoms with Crippen LogP contribution in [-0.4, -0.2) is 34.1 Å². The Hall–Kier alpha value is -3.60. The fourth-order valence-corrected chi connectivity index (χ4v) is 5.89. The second-order valence-electron chi connectivity index (χ2n) is 11.6. The number of aryl methyl sites for hydroxylation is 1. The Kier molecular flexibility index (Phi) is 6.95. The molecule has 2 N–H and O–H groups in total. The zero-order valence-corrected chi connectivity index (χ0v) is 22.3. The van der Waals surface area contributed by atoms with Gasteiger partial charge in [0, 0.05) is 23.7 Å². The minimum Gasteiger partial charge on any atom is -0.372 e. The normalized spacial score (nSPS) is 16.8. The van der Waals surface area contributed by atoms with Crippen molar-refractivity contribution in [2.24, 2.45) is 10.8 Å². The van der Waals surface area contributed by atoms with Gasteiger partial charge in [0.2, 0.25) is 5.95 Å². The molecule has 7 nitrogen and oxygen atoms in total. The van der Waals surface area contributed by atoms with Gasteiger partial charge in [0.1, 0.15) is 14.4 Å². The molecule has 0 bridgehead atoms. The van der Waals surface area contributed by atoms with Crippen molar-refractivity contribution in [3.63, 3.8) is 0 Å². The van der Waals surface area contributed by atoms with Gasteiger partial charge in [0.15, 0.2) is 0 Å². The molecule has 4 rings (SSSR count). The van der Waals surface area contributed by atoms with Gasteiger partial charge in [-0.15, -0.1) is 0 Å². The molecule has 2 heterocycles. The number of benzene rings is 1. The van der Waals surface area contributed by atoms with Gasteiger partial charge < -0.3 is 10.6 Å². The van der Waals surface area contributed by atoms with Crippen LogP contribution in [0.3, 0.4) is 0 Å². The third kappa shape index (κ3) is 5.79. The third-order valence-electron chi connectivity index (χ3n) is 6.94. The minimum atomic E-state index is 0.229. The number of hydrogen-bond acceptors (Lipinski definition) is 6. The number of nitrogens with zero attached hydrogens (tertiary/aromatic N) is 5. The van der Waals surface area contributed by atoms with E-state index >= 15 is 0 Å². The molecule has 186 valence electrons. The Morgan fingerprint density at radius 2 is 1.94 bits per heavy atom. The van der Waals surface area contributed by atoms with E-state index in [1.807, 2.05) is 39.3 Å². The summed E-state index contributed by atoms with van der Waals surface area (Å²) in [5, 5.41) is 19.9. The standard InChI is InChI=1S/C28H36BN7/c1-18-14-32-26(35-25(18)20-7-8-23(24(29)11-20)19(2)31-10-9-30)34-21-15-33-36(16-21)22-12-27(3,4)17-28(5,6)13-22/h7-8,11,14-16,22,31H,2,10,12-13,17,29H2,1,3-6H3,(H,32,34,35). The number of nitrogens with one attached hydrogen (secondary N) is 2. The van der Waals surface area contributed by atoms with Gasteiger partial charge in [0.25, 0.3) is 0 Å². The molecule has 0 unspecified atom stereocenters. The molecule has 0 amide bonds. The summed E-state index contributed by atoms with van der Waals surface area (Å²) >= 11 is 0. The van der Waals surface area contributed by atoms with E-state index in [0.29, 0.717) is 22.8 Å². The molecule has 36 heavy (non-hydrogen) atoms. The van der Waals surface area contributed by atoms with Crippen LogP contribution in [0.15, 0.2) is 43.4 Å². The van der Waals surface area contributed by atoms with Crippen LogP contribution in [-0.2, 0) is 0 Å². The van der Waals surface area contributed by atoms with Gasteiger partial charge in [-0.1, -0.05) is 57.9 Å². The summed E-state index contributed by atoms with van der Waals surface area (Å²) in [6, 6.07) is 8.61. The van der Waals surface area contributed by atoms with Gasteiger partial charge in [-0.25, -0.2) is 9.97 Å². The summed E-state index contributed by atoms with van der Waals surface area (Å²) in [6.45, 7) is 15.7. The molecule has 1 aliphatic rings. The van der Waals surface area contributed by atoms with Gasteiger partial charge in [-0.2, -0.15) is 10.4 Å². The fourth-order valence-electron chi connectivity index (χ4n) is 5.89. The zero-order chi connectivity index (χ0) is 26.1. The van der Waals surface area contributed by atoms with E-state index in [0.717, 1.165) is 52.1 Å². The van der Waals surface area contributed by atoms with Crippen molar-refractivity contribution in [3.8, 4) is 17.3 Å². The molecular weight excluding hydrogens is 445 g/mol. The molecule has 0 spiro atoms. The topological polar surface area (TPSA) is 91.4 Å². The van der Waals surface area contributed by atoms with E-state index in [-0.39, 0.29) is 6.54 Å². The van der Waals surface area contributed by atoms with E-state index in [2.05, 4.69) is 78.0 Å². The fraction of sp³-hybridized carbons (Fsp3) is 0.429. The molecule has 8 heteroatoms. The maximum atomic E-state index is 8.82. The largest absolute Gasteiger partial charge is 0.372 e. The second kappa shape index (κ2) is 9.81. The molecule has 0 atom stereocenters. The number of rotatable bonds is 7. The first kappa shape index (κ1) is 25.5. The van der Waals surface area contributed by atoms with E-state index in [9.17, 15) is 0 Å². The first-order valence-electron chi connectivity index (χ1n) is 12.5. The van der Waals surface area contributed by atoms with Gasteiger partial charge in [-0.3, -0.25) is 4.68 Å². The van der Waals surface area contributed by atoms with E-state index < -0.39 is 0 Å². The van der Waals surface area contributed by atoms with E-state index in [1.54, 1.807) is 0 Å². The van der Waals surface area contributed by atoms with Gasteiger partial charge >= 0.3 is 0 Å². The average molecular weight is 481 g/mol. The van der Waals surface area contributed by atoms with Crippen LogP contribution in [0.1, 0.15) is 64.1 Å². The maximum Gasteiger partial charge on any atom is 0.227 e. The van der Waals surface area contributed by atoms with E-state index in [1.165, 1.54) is 6.42 Å². The van der Waals surface area contributed by atoms with Crippen LogP contribution in [0.25, 0.3) is 17.0 Å². The summed E-state index contributed by atoms with van der Waals surface area (Å²) in [6.07, 6.45) is 9.25. The minimum absolute atomic E-state index is 0.229. The maximum absolute atomic E-state index is 8.82. The lowest BCUT2D eigenvalue weighted by Gasteiger charge is -2.44. The zero-order valence-electron chi connectivity index (χ0n) is 22.3. The van der Waals surface area contributed by atoms with Crippen LogP contribution in [0.5, 0.6) is 0 Å². The van der Waals surface area contributed by atoms with Crippen molar-refractivity contribution in [2.75, 3.05) is 11.9 Å². The van der Waals surface area contributed by atoms with Gasteiger partial charge in [0.05, 0.1) is 29.7 Å². The predicted molar refractivity (Wildman–Crippen MR) is 149 cm³/mol. The molecule has 0 saturated heterocycles. The Balaban J connectivity index is 1.53. The highest BCUT2D eigenvalue weighted by Crippen LogP contribution is 2.50. The first-order valence-corrected chi connectivity index (χ1v) is 12.5. The summed E-state index contributed by atoms with van der Waals surface area (Å²) in [4.78, 5) is 9.35. The molecule has 0 radical (unpaired) electrons. The van der Waals surface area contributed by atoms with Crippen LogP contribution in [0.4, 0.5) is 11.6 Å². The average Bonchev–Trinajstić information content (AvgIpc) is 3.25. The Morgan fingerprint density at radius 3 is 2.61 bits per heavy atom. The number of aromatic nitrogens is 4. The lowest BCUT2D eigenvalue weighted by molar-refractivity contribution is 0.0673. The molecule has 1 aliphatic carbocycles. The molecule has 1 fully saturated rings. The SMILES string of the molecule is Bc1cc(-c2nc(Nc3cnn(C4CC(C)(C)CC(C)(C)C4)c3)ncc2C)ccc1C(=C)NCC#N. The summed E-state index contributed by atoms with van der Waals surface area (Å²) < 4.78 is 2.11. The quantitative estimate of drug-likeness (QED) is 0.381. The molecule has 0 aliphatic heterocycles. The van der Waals surface area contributed by atoms with Crippen LogP contribution >= 0.6 is 0 Å². The van der Waals surface area contributed by atoms with Gasteiger partial charge in [-0.05, 0) is 48.1 Å². The summed E-state index contributed by atoms with van der Waals surface area (Å²) in [5.74, 6) is 0.543. The van der Waals surface area contributed by atoms with Crippen molar-refractivity contribution in [2.45, 2.75) is 59.9 Å². The lowest BCUT2D eigenvalue weighted by atomic mass is 9.63. The van der Waals surface area contributed by atoms with Crippen molar-refractivity contribution < 1.29 is 0 Å². The molecule has 1 aromatic carbocycles. The smallest absolute Gasteiger partial charge is 0.227 e. The Morgan fingerprint density at radius 1 is 1.22 bits per heavy atom. The Labute approximate surface area is 215 Å². The first-order chi connectivity index (χ1) is 17.0. The van der Waals surface area contributed by atoms with Crippen molar-refractivity contribution in [1.29, 1.82) is 5.26 Å². The highest BCUT2D eigenvalue weighted by atomic mass is 15.3. The molecule has 3 aromatic rings. The van der Waals surface area contributed by atoms with Crippen molar-refractivity contribution in [3.05, 3.63) is 54.5 Å². The van der Waals surface area contributed by atoms with Crippen LogP contribution < -0.4 is 16.1 Å². The highest BCUT2D eigenvalue weighted by Gasteiger charge is 2.39. The molecule has 2 aromatic heterocycles. The number of anilines is 2. The monoisotopic (exact) mass is 481 g/mol. The van der Waals surface area contributed by atoms with E-state index in [4.69, 9.17) is 10.2 Å². The third-order valence-corrected chi connectivity index (χ3v) is 6.94. The number of nitriles is 1. The summed E-state index contributed by atoms with van der Waals surface area (Å²) in [7, 11) is 2.04. The van der Waals surface area contributed by atoms with Crippen LogP contribution in [0.2, 0.25) is 0 Å². The molecule has 1 saturated carbocycles. The predicted octanol–water partition coefficient (Wildman–Crippen LogP) is 4.51. The van der Waals surface area contributed by atoms with Crippen molar-refractivity contribution >= 4 is 30.6 Å². The van der Waals surface area contributed by atoms with Crippen molar-refractivity contribution in [1.82, 2.24) is 25.1 Å². The second-order valence-corrected chi connectivity index (χ2v) is 11.6. The van der Waals surface area contributed by atoms with Crippen LogP contribution in [0, 0.1) is 29.1 Å². The Bertz CT molecular complexity index is 1300. The summed E-state index contributed by atoms with van der Waals surface area (Å²) in [5.41, 5.74) is 7.16. The molecular formula is C28H36BN7. The highest BCUT2D eigenvalue weighted by molar-refractivity contribution is 6.35. The number of hydrogen-bond donors (Lipinski definition) is 2. The lowest BCUT2D eigenvalue weighted by Crippen LogP contribution is -2.35.